The molecule has 1 N–H and O–H groups in total. The SMILES string of the molecule is CC(=O)C1=C/C(=C\CCCC(O)C(C)(C)C)[O+]=C1C. The topological polar surface area (TPSA) is 48.6 Å². The Bertz CT molecular complexity index is 433. The first kappa shape index (κ1) is 15.8. The third kappa shape index (κ3) is 4.75. The largest absolute Gasteiger partial charge is 0.393 e. The van der Waals surface area contributed by atoms with Crippen LogP contribution in [0.1, 0.15) is 53.9 Å². The van der Waals surface area contributed by atoms with Crippen molar-refractivity contribution in [2.45, 2.75) is 60.0 Å². The zero-order chi connectivity index (χ0) is 14.6. The normalized spacial score (nSPS) is 19.4. The Hall–Kier alpha value is -1.22. The quantitative estimate of drug-likeness (QED) is 0.472. The molecule has 1 heterocycles. The van der Waals surface area contributed by atoms with Gasteiger partial charge in [-0.3, -0.25) is 4.79 Å². The monoisotopic (exact) mass is 265 g/mol. The molecule has 106 valence electrons. The number of allylic oxidation sites excluding steroid dienone is 3. The third-order valence-corrected chi connectivity index (χ3v) is 3.34. The molecule has 3 heteroatoms. The summed E-state index contributed by atoms with van der Waals surface area (Å²) in [5.74, 6) is 1.45. The van der Waals surface area contributed by atoms with Crippen molar-refractivity contribution in [1.29, 1.82) is 0 Å². The highest BCUT2D eigenvalue weighted by atomic mass is 16.4. The first-order chi connectivity index (χ1) is 8.71. The molecule has 0 aliphatic carbocycles. The van der Waals surface area contributed by atoms with Gasteiger partial charge < -0.3 is 5.11 Å². The minimum atomic E-state index is -0.285. The molecule has 1 unspecified atom stereocenters. The Morgan fingerprint density at radius 1 is 1.47 bits per heavy atom. The van der Waals surface area contributed by atoms with Gasteiger partial charge in [0.2, 0.25) is 0 Å². The second-order valence-corrected chi connectivity index (χ2v) is 6.19. The zero-order valence-corrected chi connectivity index (χ0v) is 12.6. The average Bonchev–Trinajstić information content (AvgIpc) is 2.64. The molecule has 1 rings (SSSR count). The van der Waals surface area contributed by atoms with Crippen molar-refractivity contribution in [2.24, 2.45) is 5.41 Å². The Morgan fingerprint density at radius 3 is 2.58 bits per heavy atom. The van der Waals surface area contributed by atoms with Gasteiger partial charge in [0.1, 0.15) is 5.57 Å². The predicted molar refractivity (Wildman–Crippen MR) is 76.8 cm³/mol. The summed E-state index contributed by atoms with van der Waals surface area (Å²) in [5.41, 5.74) is 0.587. The molecule has 0 spiro atoms. The van der Waals surface area contributed by atoms with Crippen LogP contribution in [-0.4, -0.2) is 22.8 Å². The maximum atomic E-state index is 11.3. The fourth-order valence-corrected chi connectivity index (χ4v) is 1.94. The Kier molecular flexibility index (Phi) is 5.24. The van der Waals surface area contributed by atoms with E-state index >= 15 is 0 Å². The minimum Gasteiger partial charge on any atom is -0.393 e. The van der Waals surface area contributed by atoms with E-state index in [0.29, 0.717) is 11.4 Å². The molecule has 1 aliphatic rings. The van der Waals surface area contributed by atoms with E-state index in [2.05, 4.69) is 0 Å². The number of hydrogen-bond acceptors (Lipinski definition) is 2. The summed E-state index contributed by atoms with van der Waals surface area (Å²) < 4.78 is 5.51. The number of ketones is 2. The predicted octanol–water partition coefficient (Wildman–Crippen LogP) is 3.10. The fraction of sp³-hybridized carbons (Fsp3) is 0.625. The Balaban J connectivity index is 2.46. The lowest BCUT2D eigenvalue weighted by Gasteiger charge is -2.25. The number of unbranched alkanes of at least 4 members (excludes halogenated alkanes) is 1. The van der Waals surface area contributed by atoms with Crippen molar-refractivity contribution in [3.63, 3.8) is 0 Å². The molecule has 0 aromatic heterocycles. The van der Waals surface area contributed by atoms with Crippen LogP contribution in [0.2, 0.25) is 0 Å². The Labute approximate surface area is 115 Å². The van der Waals surface area contributed by atoms with Crippen molar-refractivity contribution in [3.05, 3.63) is 23.5 Å². The Morgan fingerprint density at radius 2 is 2.11 bits per heavy atom. The minimum absolute atomic E-state index is 0.0315. The van der Waals surface area contributed by atoms with Crippen LogP contribution in [0.25, 0.3) is 0 Å². The van der Waals surface area contributed by atoms with Gasteiger partial charge in [0.25, 0.3) is 0 Å². The first-order valence-corrected chi connectivity index (χ1v) is 6.84. The van der Waals surface area contributed by atoms with E-state index in [-0.39, 0.29) is 17.3 Å². The maximum absolute atomic E-state index is 11.3. The van der Waals surface area contributed by atoms with Gasteiger partial charge in [0, 0.05) is 6.08 Å². The van der Waals surface area contributed by atoms with Crippen molar-refractivity contribution >= 4 is 11.6 Å². The van der Waals surface area contributed by atoms with E-state index in [1.165, 1.54) is 0 Å². The number of carbonyl (C=O) groups excluding carboxylic acids is 2. The highest BCUT2D eigenvalue weighted by Crippen LogP contribution is 2.23. The molecule has 0 saturated heterocycles. The molecule has 0 amide bonds. The molecule has 19 heavy (non-hydrogen) atoms. The molecular weight excluding hydrogens is 240 g/mol. The average molecular weight is 265 g/mol. The van der Waals surface area contributed by atoms with Crippen molar-refractivity contribution in [1.82, 2.24) is 0 Å². The number of aliphatic hydroxyl groups excluding tert-OH is 1. The van der Waals surface area contributed by atoms with E-state index in [0.717, 1.165) is 25.0 Å². The summed E-state index contributed by atoms with van der Waals surface area (Å²) in [6, 6.07) is 0. The lowest BCUT2D eigenvalue weighted by atomic mass is 9.86. The summed E-state index contributed by atoms with van der Waals surface area (Å²) in [6.45, 7) is 9.46. The molecule has 3 nitrogen and oxygen atoms in total. The number of aliphatic hydroxyl groups is 1. The third-order valence-electron chi connectivity index (χ3n) is 3.34. The summed E-state index contributed by atoms with van der Waals surface area (Å²) in [4.78, 5) is 11.3. The number of Topliss-reactive ketones (excluding diaryl/α,β-unsaturated/α-hetero) is 1. The van der Waals surface area contributed by atoms with E-state index in [4.69, 9.17) is 4.42 Å². The van der Waals surface area contributed by atoms with Crippen LogP contribution in [0.3, 0.4) is 0 Å². The zero-order valence-electron chi connectivity index (χ0n) is 12.6. The lowest BCUT2D eigenvalue weighted by Crippen LogP contribution is -2.25. The van der Waals surface area contributed by atoms with Crippen molar-refractivity contribution in [3.8, 4) is 0 Å². The molecule has 0 bridgehead atoms. The van der Waals surface area contributed by atoms with Gasteiger partial charge in [0.15, 0.2) is 5.78 Å². The fourth-order valence-electron chi connectivity index (χ4n) is 1.94. The molecule has 1 aliphatic heterocycles. The highest BCUT2D eigenvalue weighted by molar-refractivity contribution is 6.19. The molecular formula is C16H25O3+. The summed E-state index contributed by atoms with van der Waals surface area (Å²) >= 11 is 0. The van der Waals surface area contributed by atoms with Crippen LogP contribution >= 0.6 is 0 Å². The van der Waals surface area contributed by atoms with Crippen LogP contribution in [0.15, 0.2) is 23.5 Å². The molecule has 1 atom stereocenters. The standard InChI is InChI=1S/C16H25O3/c1-11(17)14-10-13(19-12(14)2)8-6-7-9-15(18)16(3,4)5/h8,10,15,18H,6-7,9H2,1-5H3/q+1/b13-8+. The van der Waals surface area contributed by atoms with E-state index in [9.17, 15) is 9.90 Å². The smallest absolute Gasteiger partial charge is 0.350 e. The van der Waals surface area contributed by atoms with Gasteiger partial charge in [-0.05, 0) is 31.6 Å². The van der Waals surface area contributed by atoms with Gasteiger partial charge >= 0.3 is 11.5 Å². The van der Waals surface area contributed by atoms with E-state index in [1.54, 1.807) is 19.9 Å². The van der Waals surface area contributed by atoms with E-state index in [1.807, 2.05) is 26.8 Å². The summed E-state index contributed by atoms with van der Waals surface area (Å²) in [5, 5.41) is 9.92. The molecule has 0 aromatic carbocycles. The summed E-state index contributed by atoms with van der Waals surface area (Å²) in [6.07, 6.45) is 6.02. The lowest BCUT2D eigenvalue weighted by molar-refractivity contribution is -0.387. The summed E-state index contributed by atoms with van der Waals surface area (Å²) in [7, 11) is 0. The van der Waals surface area contributed by atoms with Crippen molar-refractivity contribution < 1.29 is 14.3 Å². The molecule has 0 radical (unpaired) electrons. The molecule has 0 aromatic rings. The van der Waals surface area contributed by atoms with Crippen LogP contribution in [0, 0.1) is 5.41 Å². The maximum Gasteiger partial charge on any atom is 0.350 e. The van der Waals surface area contributed by atoms with Gasteiger partial charge in [0.05, 0.1) is 19.1 Å². The highest BCUT2D eigenvalue weighted by Gasteiger charge is 2.27. The van der Waals surface area contributed by atoms with Crippen LogP contribution < -0.4 is 0 Å². The van der Waals surface area contributed by atoms with Crippen LogP contribution in [0.5, 0.6) is 0 Å². The van der Waals surface area contributed by atoms with Crippen LogP contribution in [-0.2, 0) is 9.22 Å². The van der Waals surface area contributed by atoms with Gasteiger partial charge in [-0.2, -0.15) is 0 Å². The molecule has 0 fully saturated rings. The first-order valence-electron chi connectivity index (χ1n) is 6.84. The van der Waals surface area contributed by atoms with Gasteiger partial charge in [-0.1, -0.05) is 20.8 Å². The number of hydrogen-bond donors (Lipinski definition) is 1. The van der Waals surface area contributed by atoms with Crippen molar-refractivity contribution in [2.75, 3.05) is 0 Å². The second-order valence-electron chi connectivity index (χ2n) is 6.19. The van der Waals surface area contributed by atoms with Gasteiger partial charge in [-0.15, -0.1) is 0 Å². The van der Waals surface area contributed by atoms with E-state index < -0.39 is 0 Å². The van der Waals surface area contributed by atoms with Crippen LogP contribution in [0.4, 0.5) is 0 Å². The molecule has 0 saturated carbocycles. The van der Waals surface area contributed by atoms with Gasteiger partial charge in [-0.25, -0.2) is 4.42 Å². The second kappa shape index (κ2) is 6.29. The number of rotatable bonds is 5. The number of carbonyl (C=O) groups is 1.